The predicted molar refractivity (Wildman–Crippen MR) is 100 cm³/mol. The summed E-state index contributed by atoms with van der Waals surface area (Å²) in [4.78, 5) is 2.47. The molecule has 1 N–H and O–H groups in total. The highest BCUT2D eigenvalue weighted by atomic mass is 35.5. The summed E-state index contributed by atoms with van der Waals surface area (Å²) < 4.78 is 24.8. The van der Waals surface area contributed by atoms with E-state index >= 15 is 0 Å². The van der Waals surface area contributed by atoms with E-state index in [2.05, 4.69) is 9.93 Å². The lowest BCUT2D eigenvalue weighted by Gasteiger charge is -2.09. The number of sulfonamides is 1. The van der Waals surface area contributed by atoms with Gasteiger partial charge in [0, 0.05) is 16.1 Å². The van der Waals surface area contributed by atoms with Crippen molar-refractivity contribution in [2.75, 3.05) is 0 Å². The molecule has 126 valence electrons. The first kappa shape index (κ1) is 17.2. The van der Waals surface area contributed by atoms with E-state index in [1.807, 2.05) is 30.3 Å². The van der Waals surface area contributed by atoms with Gasteiger partial charge in [-0.15, -0.1) is 0 Å². The van der Waals surface area contributed by atoms with Crippen molar-refractivity contribution in [2.45, 2.75) is 4.90 Å². The molecule has 0 saturated carbocycles. The van der Waals surface area contributed by atoms with E-state index < -0.39 is 10.0 Å². The molecule has 0 bridgehead atoms. The number of benzene rings is 3. The number of hydrogen-bond donors (Lipinski definition) is 1. The molecule has 0 aliphatic carbocycles. The summed E-state index contributed by atoms with van der Waals surface area (Å²) in [7, 11) is -3.74. The Morgan fingerprint density at radius 2 is 1.28 bits per heavy atom. The Morgan fingerprint density at radius 3 is 1.88 bits per heavy atom. The monoisotopic (exact) mass is 370 g/mol. The number of nitrogens with zero attached hydrogens (tertiary/aromatic N) is 1. The molecule has 0 radical (unpaired) electrons. The molecular weight excluding hydrogens is 356 g/mol. The van der Waals surface area contributed by atoms with Crippen LogP contribution in [0.5, 0.6) is 0 Å². The molecule has 0 atom stereocenters. The second-order valence-corrected chi connectivity index (χ2v) is 7.34. The fourth-order valence-electron chi connectivity index (χ4n) is 2.26. The van der Waals surface area contributed by atoms with E-state index in [0.29, 0.717) is 10.7 Å². The van der Waals surface area contributed by atoms with E-state index in [9.17, 15) is 8.42 Å². The van der Waals surface area contributed by atoms with Crippen molar-refractivity contribution < 1.29 is 8.42 Å². The summed E-state index contributed by atoms with van der Waals surface area (Å²) in [6, 6.07) is 24.5. The topological polar surface area (TPSA) is 58.5 Å². The van der Waals surface area contributed by atoms with Crippen molar-refractivity contribution in [3.05, 3.63) is 101 Å². The zero-order valence-electron chi connectivity index (χ0n) is 13.1. The molecule has 0 amide bonds. The molecule has 0 aromatic heterocycles. The third-order valence-electron chi connectivity index (χ3n) is 3.50. The Labute approximate surface area is 151 Å². The number of halogens is 1. The van der Waals surface area contributed by atoms with Gasteiger partial charge in [-0.05, 0) is 24.3 Å². The van der Waals surface area contributed by atoms with Crippen molar-refractivity contribution >= 4 is 27.3 Å². The number of hydrogen-bond acceptors (Lipinski definition) is 3. The van der Waals surface area contributed by atoms with Crippen molar-refractivity contribution in [2.24, 2.45) is 5.10 Å². The lowest BCUT2D eigenvalue weighted by Crippen LogP contribution is -2.21. The van der Waals surface area contributed by atoms with Crippen LogP contribution in [0.1, 0.15) is 11.1 Å². The first-order valence-corrected chi connectivity index (χ1v) is 9.38. The highest BCUT2D eigenvalue weighted by Gasteiger charge is 2.14. The maximum atomic E-state index is 12.4. The second-order valence-electron chi connectivity index (χ2n) is 5.24. The summed E-state index contributed by atoms with van der Waals surface area (Å²) in [6.07, 6.45) is 0. The SMILES string of the molecule is O=S(=O)(NN=C(c1ccccc1)c1ccc(Cl)cc1)c1ccccc1. The smallest absolute Gasteiger partial charge is 0.200 e. The number of rotatable bonds is 5. The van der Waals surface area contributed by atoms with Crippen LogP contribution in [-0.2, 0) is 10.0 Å². The molecule has 3 aromatic rings. The van der Waals surface area contributed by atoms with Crippen LogP contribution in [-0.4, -0.2) is 14.1 Å². The standard InChI is InChI=1S/C19H15ClN2O2S/c20-17-13-11-16(12-14-17)19(15-7-3-1-4-8-15)21-22-25(23,24)18-9-5-2-6-10-18/h1-14,22H. The van der Waals surface area contributed by atoms with Crippen molar-refractivity contribution in [3.8, 4) is 0 Å². The molecule has 6 heteroatoms. The van der Waals surface area contributed by atoms with Crippen LogP contribution in [0.15, 0.2) is 94.9 Å². The summed E-state index contributed by atoms with van der Waals surface area (Å²) >= 11 is 5.94. The Morgan fingerprint density at radius 1 is 0.760 bits per heavy atom. The summed E-state index contributed by atoms with van der Waals surface area (Å²) in [5.41, 5.74) is 2.06. The highest BCUT2D eigenvalue weighted by molar-refractivity contribution is 7.89. The molecule has 0 heterocycles. The average molecular weight is 371 g/mol. The van der Waals surface area contributed by atoms with Gasteiger partial charge in [0.2, 0.25) is 0 Å². The molecule has 4 nitrogen and oxygen atoms in total. The van der Waals surface area contributed by atoms with Crippen LogP contribution >= 0.6 is 11.6 Å². The predicted octanol–water partition coefficient (Wildman–Crippen LogP) is 4.07. The van der Waals surface area contributed by atoms with Crippen LogP contribution in [0.4, 0.5) is 0 Å². The van der Waals surface area contributed by atoms with Crippen LogP contribution in [0.25, 0.3) is 0 Å². The van der Waals surface area contributed by atoms with Gasteiger partial charge in [-0.3, -0.25) is 0 Å². The molecule has 0 unspecified atom stereocenters. The van der Waals surface area contributed by atoms with Gasteiger partial charge >= 0.3 is 0 Å². The zero-order valence-corrected chi connectivity index (χ0v) is 14.7. The Hall–Kier alpha value is -2.63. The zero-order chi connectivity index (χ0) is 17.7. The van der Waals surface area contributed by atoms with E-state index in [-0.39, 0.29) is 4.90 Å². The van der Waals surface area contributed by atoms with Crippen LogP contribution < -0.4 is 4.83 Å². The van der Waals surface area contributed by atoms with Gasteiger partial charge in [-0.2, -0.15) is 18.4 Å². The van der Waals surface area contributed by atoms with Crippen molar-refractivity contribution in [1.29, 1.82) is 0 Å². The number of hydrazone groups is 1. The fourth-order valence-corrected chi connectivity index (χ4v) is 3.22. The van der Waals surface area contributed by atoms with Crippen LogP contribution in [0.3, 0.4) is 0 Å². The Bertz CT molecular complexity index is 971. The maximum absolute atomic E-state index is 12.4. The fraction of sp³-hybridized carbons (Fsp3) is 0. The second kappa shape index (κ2) is 7.51. The normalized spacial score (nSPS) is 12.0. The summed E-state index contributed by atoms with van der Waals surface area (Å²) in [5, 5.41) is 4.78. The molecule has 0 aliphatic rings. The minimum Gasteiger partial charge on any atom is -0.200 e. The third-order valence-corrected chi connectivity index (χ3v) is 4.97. The van der Waals surface area contributed by atoms with Gasteiger partial charge in [-0.25, -0.2) is 0 Å². The lowest BCUT2D eigenvalue weighted by molar-refractivity contribution is 0.584. The van der Waals surface area contributed by atoms with Gasteiger partial charge in [0.1, 0.15) is 0 Å². The van der Waals surface area contributed by atoms with Crippen LogP contribution in [0, 0.1) is 0 Å². The van der Waals surface area contributed by atoms with Crippen LogP contribution in [0.2, 0.25) is 5.02 Å². The largest absolute Gasteiger partial charge is 0.276 e. The molecular formula is C19H15ClN2O2S. The quantitative estimate of drug-likeness (QED) is 0.543. The van der Waals surface area contributed by atoms with Gasteiger partial charge in [0.25, 0.3) is 10.0 Å². The van der Waals surface area contributed by atoms with Gasteiger partial charge in [-0.1, -0.05) is 72.3 Å². The minimum absolute atomic E-state index is 0.155. The summed E-state index contributed by atoms with van der Waals surface area (Å²) in [5.74, 6) is 0. The minimum atomic E-state index is -3.74. The van der Waals surface area contributed by atoms with E-state index in [1.54, 1.807) is 42.5 Å². The third kappa shape index (κ3) is 4.26. The molecule has 3 rings (SSSR count). The van der Waals surface area contributed by atoms with Gasteiger partial charge < -0.3 is 0 Å². The van der Waals surface area contributed by atoms with E-state index in [0.717, 1.165) is 11.1 Å². The highest BCUT2D eigenvalue weighted by Crippen LogP contribution is 2.15. The maximum Gasteiger partial charge on any atom is 0.276 e. The van der Waals surface area contributed by atoms with Crippen molar-refractivity contribution in [1.82, 2.24) is 4.83 Å². The first-order chi connectivity index (χ1) is 12.1. The average Bonchev–Trinajstić information content (AvgIpc) is 2.65. The molecule has 0 spiro atoms. The van der Waals surface area contributed by atoms with Gasteiger partial charge in [0.15, 0.2) is 0 Å². The van der Waals surface area contributed by atoms with Gasteiger partial charge in [0.05, 0.1) is 10.6 Å². The first-order valence-electron chi connectivity index (χ1n) is 7.52. The van der Waals surface area contributed by atoms with E-state index in [1.165, 1.54) is 12.1 Å². The molecule has 0 fully saturated rings. The number of nitrogens with one attached hydrogen (secondary N) is 1. The van der Waals surface area contributed by atoms with E-state index in [4.69, 9.17) is 11.6 Å². The summed E-state index contributed by atoms with van der Waals surface area (Å²) in [6.45, 7) is 0. The molecule has 3 aromatic carbocycles. The molecule has 25 heavy (non-hydrogen) atoms. The molecule has 0 aliphatic heterocycles. The lowest BCUT2D eigenvalue weighted by atomic mass is 10.0. The van der Waals surface area contributed by atoms with Crippen molar-refractivity contribution in [3.63, 3.8) is 0 Å². The molecule has 0 saturated heterocycles. The Balaban J connectivity index is 2.00. The Kier molecular flexibility index (Phi) is 5.16.